The van der Waals surface area contributed by atoms with E-state index in [4.69, 9.17) is 0 Å². The van der Waals surface area contributed by atoms with Crippen LogP contribution in [0.4, 0.5) is 5.69 Å². The van der Waals surface area contributed by atoms with Gasteiger partial charge in [-0.25, -0.2) is 0 Å². The van der Waals surface area contributed by atoms with E-state index < -0.39 is 0 Å². The lowest BCUT2D eigenvalue weighted by molar-refractivity contribution is 0.431. The predicted molar refractivity (Wildman–Crippen MR) is 70.2 cm³/mol. The van der Waals surface area contributed by atoms with E-state index in [1.54, 1.807) is 0 Å². The average molecular weight is 218 g/mol. The Morgan fingerprint density at radius 3 is 2.06 bits per heavy atom. The molecule has 88 valence electrons. The van der Waals surface area contributed by atoms with Gasteiger partial charge in [0.15, 0.2) is 0 Å². The van der Waals surface area contributed by atoms with Crippen LogP contribution in [-0.4, -0.2) is 25.2 Å². The van der Waals surface area contributed by atoms with Gasteiger partial charge < -0.3 is 10.2 Å². The summed E-state index contributed by atoms with van der Waals surface area (Å²) in [6, 6.07) is 7.71. The molecule has 1 fully saturated rings. The van der Waals surface area contributed by atoms with Crippen LogP contribution >= 0.6 is 0 Å². The van der Waals surface area contributed by atoms with E-state index in [-0.39, 0.29) is 0 Å². The van der Waals surface area contributed by atoms with Crippen molar-refractivity contribution in [1.82, 2.24) is 5.32 Å². The Morgan fingerprint density at radius 2 is 1.56 bits per heavy atom. The van der Waals surface area contributed by atoms with Crippen molar-refractivity contribution in [3.05, 3.63) is 29.3 Å². The molecule has 0 saturated carbocycles. The van der Waals surface area contributed by atoms with Crippen molar-refractivity contribution in [2.75, 3.05) is 18.0 Å². The van der Waals surface area contributed by atoms with E-state index in [0.717, 1.165) is 13.1 Å². The summed E-state index contributed by atoms with van der Waals surface area (Å²) < 4.78 is 0. The molecule has 0 aliphatic carbocycles. The smallest absolute Gasteiger partial charge is 0.0431 e. The Morgan fingerprint density at radius 1 is 1.06 bits per heavy atom. The first-order valence-electron chi connectivity index (χ1n) is 6.16. The summed E-state index contributed by atoms with van der Waals surface area (Å²) >= 11 is 0. The summed E-state index contributed by atoms with van der Waals surface area (Å²) in [6.45, 7) is 11.2. The number of nitrogens with one attached hydrogen (secondary N) is 1. The Balaban J connectivity index is 2.41. The number of benzene rings is 1. The van der Waals surface area contributed by atoms with E-state index in [9.17, 15) is 0 Å². The van der Waals surface area contributed by atoms with E-state index in [1.807, 2.05) is 0 Å². The van der Waals surface area contributed by atoms with Crippen LogP contribution in [0.25, 0.3) is 0 Å². The molecule has 2 atom stereocenters. The standard InChI is InChI=1S/C14H22N2/c1-10-6-5-7-11(2)14(10)16-12(3)8-15-9-13(16)4/h5-7,12-13,15H,8-9H2,1-4H3. The van der Waals surface area contributed by atoms with Gasteiger partial charge >= 0.3 is 0 Å². The van der Waals surface area contributed by atoms with E-state index >= 15 is 0 Å². The van der Waals surface area contributed by atoms with Crippen LogP contribution in [0.1, 0.15) is 25.0 Å². The lowest BCUT2D eigenvalue weighted by Gasteiger charge is -2.42. The molecule has 0 aromatic heterocycles. The van der Waals surface area contributed by atoms with E-state index in [1.165, 1.54) is 16.8 Å². The van der Waals surface area contributed by atoms with Crippen LogP contribution in [-0.2, 0) is 0 Å². The van der Waals surface area contributed by atoms with Crippen molar-refractivity contribution in [3.8, 4) is 0 Å². The summed E-state index contributed by atoms with van der Waals surface area (Å²) in [6.07, 6.45) is 0. The maximum Gasteiger partial charge on any atom is 0.0431 e. The van der Waals surface area contributed by atoms with Gasteiger partial charge in [-0.2, -0.15) is 0 Å². The SMILES string of the molecule is Cc1cccc(C)c1N1C(C)CNCC1C. The minimum Gasteiger partial charge on any atom is -0.363 e. The fraction of sp³-hybridized carbons (Fsp3) is 0.571. The zero-order valence-corrected chi connectivity index (χ0v) is 10.7. The highest BCUT2D eigenvalue weighted by molar-refractivity contribution is 5.60. The zero-order valence-electron chi connectivity index (χ0n) is 10.7. The number of aryl methyl sites for hydroxylation is 2. The summed E-state index contributed by atoms with van der Waals surface area (Å²) in [7, 11) is 0. The maximum atomic E-state index is 3.48. The van der Waals surface area contributed by atoms with Gasteiger partial charge in [-0.15, -0.1) is 0 Å². The lowest BCUT2D eigenvalue weighted by atomic mass is 10.0. The number of hydrogen-bond donors (Lipinski definition) is 1. The maximum absolute atomic E-state index is 3.48. The second-order valence-electron chi connectivity index (χ2n) is 5.00. The quantitative estimate of drug-likeness (QED) is 0.779. The van der Waals surface area contributed by atoms with Gasteiger partial charge in [0.2, 0.25) is 0 Å². The fourth-order valence-electron chi connectivity index (χ4n) is 2.79. The predicted octanol–water partition coefficient (Wildman–Crippen LogP) is 2.49. The van der Waals surface area contributed by atoms with E-state index in [0.29, 0.717) is 12.1 Å². The molecule has 2 heteroatoms. The summed E-state index contributed by atoms with van der Waals surface area (Å²) in [5.74, 6) is 0. The van der Waals surface area contributed by atoms with Gasteiger partial charge in [0.05, 0.1) is 0 Å². The third-order valence-corrected chi connectivity index (χ3v) is 3.53. The molecule has 16 heavy (non-hydrogen) atoms. The first-order chi connectivity index (χ1) is 7.61. The molecule has 1 aromatic carbocycles. The molecular formula is C14H22N2. The van der Waals surface area contributed by atoms with Crippen LogP contribution in [0.5, 0.6) is 0 Å². The molecule has 1 aromatic rings. The fourth-order valence-corrected chi connectivity index (χ4v) is 2.79. The molecule has 1 heterocycles. The highest BCUT2D eigenvalue weighted by Gasteiger charge is 2.26. The van der Waals surface area contributed by atoms with Crippen molar-refractivity contribution >= 4 is 5.69 Å². The Kier molecular flexibility index (Phi) is 3.20. The first-order valence-corrected chi connectivity index (χ1v) is 6.16. The molecule has 1 aliphatic heterocycles. The van der Waals surface area contributed by atoms with Gasteiger partial charge in [0.1, 0.15) is 0 Å². The number of hydrogen-bond acceptors (Lipinski definition) is 2. The minimum absolute atomic E-state index is 0.573. The van der Waals surface area contributed by atoms with E-state index in [2.05, 4.69) is 56.1 Å². The van der Waals surface area contributed by atoms with Gasteiger partial charge in [-0.05, 0) is 38.8 Å². The molecule has 0 spiro atoms. The number of para-hydroxylation sites is 1. The van der Waals surface area contributed by atoms with Gasteiger partial charge in [-0.3, -0.25) is 0 Å². The Labute approximate surface area is 98.7 Å². The molecule has 2 nitrogen and oxygen atoms in total. The molecular weight excluding hydrogens is 196 g/mol. The van der Waals surface area contributed by atoms with Crippen LogP contribution in [0.2, 0.25) is 0 Å². The summed E-state index contributed by atoms with van der Waals surface area (Å²) in [4.78, 5) is 2.57. The number of piperazine rings is 1. The van der Waals surface area contributed by atoms with Crippen molar-refractivity contribution < 1.29 is 0 Å². The molecule has 1 N–H and O–H groups in total. The van der Waals surface area contributed by atoms with Crippen LogP contribution in [0.3, 0.4) is 0 Å². The molecule has 1 aliphatic rings. The third kappa shape index (κ3) is 1.94. The highest BCUT2D eigenvalue weighted by Crippen LogP contribution is 2.29. The monoisotopic (exact) mass is 218 g/mol. The molecule has 0 radical (unpaired) electrons. The van der Waals surface area contributed by atoms with Crippen molar-refractivity contribution in [1.29, 1.82) is 0 Å². The van der Waals surface area contributed by atoms with Crippen LogP contribution in [0.15, 0.2) is 18.2 Å². The van der Waals surface area contributed by atoms with Crippen LogP contribution in [0, 0.1) is 13.8 Å². The zero-order chi connectivity index (χ0) is 11.7. The molecule has 1 saturated heterocycles. The number of anilines is 1. The molecule has 0 bridgehead atoms. The van der Waals surface area contributed by atoms with Gasteiger partial charge in [-0.1, -0.05) is 18.2 Å². The molecule has 2 unspecified atom stereocenters. The topological polar surface area (TPSA) is 15.3 Å². The number of rotatable bonds is 1. The molecule has 2 rings (SSSR count). The highest BCUT2D eigenvalue weighted by atomic mass is 15.2. The number of nitrogens with zero attached hydrogens (tertiary/aromatic N) is 1. The molecule has 0 amide bonds. The minimum atomic E-state index is 0.573. The normalized spacial score (nSPS) is 25.9. The van der Waals surface area contributed by atoms with Crippen molar-refractivity contribution in [2.24, 2.45) is 0 Å². The second kappa shape index (κ2) is 4.46. The summed E-state index contributed by atoms with van der Waals surface area (Å²) in [5, 5.41) is 3.48. The Bertz CT molecular complexity index is 343. The second-order valence-corrected chi connectivity index (χ2v) is 5.00. The first kappa shape index (κ1) is 11.5. The largest absolute Gasteiger partial charge is 0.363 e. The van der Waals surface area contributed by atoms with Crippen LogP contribution < -0.4 is 10.2 Å². The van der Waals surface area contributed by atoms with Crippen molar-refractivity contribution in [3.63, 3.8) is 0 Å². The van der Waals surface area contributed by atoms with Gasteiger partial charge in [0.25, 0.3) is 0 Å². The third-order valence-electron chi connectivity index (χ3n) is 3.53. The summed E-state index contributed by atoms with van der Waals surface area (Å²) in [5.41, 5.74) is 4.21. The Hall–Kier alpha value is -1.02. The average Bonchev–Trinajstić information content (AvgIpc) is 2.21. The van der Waals surface area contributed by atoms with Gasteiger partial charge in [0, 0.05) is 30.9 Å². The lowest BCUT2D eigenvalue weighted by Crippen LogP contribution is -2.55. The van der Waals surface area contributed by atoms with Crippen molar-refractivity contribution in [2.45, 2.75) is 39.8 Å².